The van der Waals surface area contributed by atoms with Crippen molar-refractivity contribution in [1.82, 2.24) is 0 Å². The van der Waals surface area contributed by atoms with E-state index in [9.17, 15) is 0 Å². The summed E-state index contributed by atoms with van der Waals surface area (Å²) in [6, 6.07) is 0. The van der Waals surface area contributed by atoms with E-state index in [1.54, 1.807) is 0 Å². The fraction of sp³-hybridized carbons (Fsp3) is 0.833. The summed E-state index contributed by atoms with van der Waals surface area (Å²) >= 11 is 0. The van der Waals surface area contributed by atoms with E-state index in [2.05, 4.69) is 27.0 Å². The van der Waals surface area contributed by atoms with E-state index in [0.717, 1.165) is 11.8 Å². The maximum atomic E-state index is 3.00. The molecule has 72 valence electrons. The molecule has 1 fully saturated rings. The molecule has 0 N–H and O–H groups in total. The van der Waals surface area contributed by atoms with Crippen LogP contribution in [0.25, 0.3) is 0 Å². The molecule has 0 spiro atoms. The van der Waals surface area contributed by atoms with Crippen LogP contribution in [0.3, 0.4) is 0 Å². The van der Waals surface area contributed by atoms with Gasteiger partial charge in [0.15, 0.2) is 0 Å². The molecule has 2 unspecified atom stereocenters. The lowest BCUT2D eigenvalue weighted by Gasteiger charge is -2.16. The van der Waals surface area contributed by atoms with Gasteiger partial charge in [-0.2, -0.15) is 0 Å². The third-order valence-electron chi connectivity index (χ3n) is 3.00. The highest BCUT2D eigenvalue weighted by Gasteiger charge is 2.24. The predicted molar refractivity (Wildman–Crippen MR) is 57.3 cm³/mol. The van der Waals surface area contributed by atoms with Gasteiger partial charge in [-0.1, -0.05) is 52.4 Å². The monoisotopic (exact) mass is 168 g/mol. The molecule has 0 amide bonds. The Balaban J connectivity index is 0.000000561. The van der Waals surface area contributed by atoms with E-state index in [1.165, 1.54) is 38.5 Å². The second-order valence-corrected chi connectivity index (χ2v) is 3.65. The maximum absolute atomic E-state index is 3.00. The first-order valence-electron chi connectivity index (χ1n) is 5.38. The van der Waals surface area contributed by atoms with Gasteiger partial charge in [0.05, 0.1) is 0 Å². The zero-order valence-corrected chi connectivity index (χ0v) is 8.81. The van der Waals surface area contributed by atoms with Gasteiger partial charge in [0.25, 0.3) is 0 Å². The molecule has 12 heavy (non-hydrogen) atoms. The lowest BCUT2D eigenvalue weighted by Crippen LogP contribution is -2.05. The van der Waals surface area contributed by atoms with E-state index in [1.807, 2.05) is 0 Å². The molecular formula is C12H24. The van der Waals surface area contributed by atoms with Gasteiger partial charge in [0, 0.05) is 0 Å². The van der Waals surface area contributed by atoms with Gasteiger partial charge in [-0.15, -0.1) is 13.2 Å². The molecular weight excluding hydrogens is 144 g/mol. The summed E-state index contributed by atoms with van der Waals surface area (Å²) in [4.78, 5) is 0. The highest BCUT2D eigenvalue weighted by Crippen LogP contribution is 2.36. The number of rotatable bonds is 3. The topological polar surface area (TPSA) is 0 Å². The van der Waals surface area contributed by atoms with Crippen molar-refractivity contribution in [2.75, 3.05) is 0 Å². The van der Waals surface area contributed by atoms with Crippen molar-refractivity contribution in [2.24, 2.45) is 11.8 Å². The minimum absolute atomic E-state index is 1.08. The van der Waals surface area contributed by atoms with Crippen LogP contribution in [0.5, 0.6) is 0 Å². The van der Waals surface area contributed by atoms with Crippen LogP contribution in [-0.2, 0) is 0 Å². The summed E-state index contributed by atoms with van der Waals surface area (Å²) in [6.07, 6.45) is 8.83. The zero-order chi connectivity index (χ0) is 9.40. The van der Waals surface area contributed by atoms with E-state index in [4.69, 9.17) is 0 Å². The van der Waals surface area contributed by atoms with Crippen molar-refractivity contribution in [3.63, 3.8) is 0 Å². The molecule has 2 atom stereocenters. The van der Waals surface area contributed by atoms with Crippen LogP contribution in [0.2, 0.25) is 0 Å². The molecule has 0 aromatic carbocycles. The quantitative estimate of drug-likeness (QED) is 0.547. The SMILES string of the molecule is C=C.CCCC1CCCC1CC. The molecule has 1 aliphatic carbocycles. The lowest BCUT2D eigenvalue weighted by atomic mass is 9.90. The Labute approximate surface area is 78.1 Å². The zero-order valence-electron chi connectivity index (χ0n) is 8.81. The van der Waals surface area contributed by atoms with E-state index >= 15 is 0 Å². The van der Waals surface area contributed by atoms with E-state index in [0.29, 0.717) is 0 Å². The molecule has 0 bridgehead atoms. The fourth-order valence-corrected chi connectivity index (χ4v) is 2.40. The normalized spacial score (nSPS) is 27.8. The third kappa shape index (κ3) is 3.42. The van der Waals surface area contributed by atoms with Crippen LogP contribution in [0.4, 0.5) is 0 Å². The summed E-state index contributed by atoms with van der Waals surface area (Å²) in [6.45, 7) is 10.7. The molecule has 1 aliphatic rings. The van der Waals surface area contributed by atoms with Gasteiger partial charge < -0.3 is 0 Å². The van der Waals surface area contributed by atoms with Gasteiger partial charge in [-0.3, -0.25) is 0 Å². The summed E-state index contributed by atoms with van der Waals surface area (Å²) < 4.78 is 0. The summed E-state index contributed by atoms with van der Waals surface area (Å²) in [7, 11) is 0. The lowest BCUT2D eigenvalue weighted by molar-refractivity contribution is 0.352. The van der Waals surface area contributed by atoms with Gasteiger partial charge in [0.2, 0.25) is 0 Å². The minimum Gasteiger partial charge on any atom is -0.106 e. The first-order chi connectivity index (χ1) is 5.88. The van der Waals surface area contributed by atoms with Crippen LogP contribution in [0, 0.1) is 11.8 Å². The smallest absolute Gasteiger partial charge is 0.0386 e. The third-order valence-corrected chi connectivity index (χ3v) is 3.00. The Morgan fingerprint density at radius 1 is 1.08 bits per heavy atom. The van der Waals surface area contributed by atoms with Crippen molar-refractivity contribution in [2.45, 2.75) is 52.4 Å². The molecule has 1 rings (SSSR count). The molecule has 0 heteroatoms. The van der Waals surface area contributed by atoms with Crippen LogP contribution >= 0.6 is 0 Å². The van der Waals surface area contributed by atoms with Crippen molar-refractivity contribution >= 4 is 0 Å². The Morgan fingerprint density at radius 2 is 1.67 bits per heavy atom. The average Bonchev–Trinajstić information content (AvgIpc) is 2.56. The first kappa shape index (κ1) is 11.7. The minimum atomic E-state index is 1.08. The Bertz CT molecular complexity index is 96.2. The Morgan fingerprint density at radius 3 is 2.17 bits per heavy atom. The van der Waals surface area contributed by atoms with Crippen molar-refractivity contribution in [3.8, 4) is 0 Å². The van der Waals surface area contributed by atoms with Crippen LogP contribution in [0.1, 0.15) is 52.4 Å². The highest BCUT2D eigenvalue weighted by atomic mass is 14.3. The Hall–Kier alpha value is -0.260. The van der Waals surface area contributed by atoms with Crippen molar-refractivity contribution in [1.29, 1.82) is 0 Å². The second kappa shape index (κ2) is 7.39. The second-order valence-electron chi connectivity index (χ2n) is 3.65. The van der Waals surface area contributed by atoms with Gasteiger partial charge in [-0.25, -0.2) is 0 Å². The van der Waals surface area contributed by atoms with Crippen molar-refractivity contribution in [3.05, 3.63) is 13.2 Å². The standard InChI is InChI=1S/C10H20.C2H4/c1-3-6-10-8-5-7-9(10)4-2;1-2/h9-10H,3-8H2,1-2H3;1-2H2. The summed E-state index contributed by atoms with van der Waals surface area (Å²) in [5.74, 6) is 2.18. The van der Waals surface area contributed by atoms with Crippen molar-refractivity contribution < 1.29 is 0 Å². The number of hydrogen-bond donors (Lipinski definition) is 0. The molecule has 0 aromatic heterocycles. The van der Waals surface area contributed by atoms with Crippen LogP contribution in [-0.4, -0.2) is 0 Å². The molecule has 0 aliphatic heterocycles. The van der Waals surface area contributed by atoms with E-state index in [-0.39, 0.29) is 0 Å². The van der Waals surface area contributed by atoms with Gasteiger partial charge in [-0.05, 0) is 11.8 Å². The van der Waals surface area contributed by atoms with E-state index < -0.39 is 0 Å². The first-order valence-corrected chi connectivity index (χ1v) is 5.38. The Kier molecular flexibility index (Phi) is 7.23. The molecule has 1 saturated carbocycles. The summed E-state index contributed by atoms with van der Waals surface area (Å²) in [5.41, 5.74) is 0. The largest absolute Gasteiger partial charge is 0.106 e. The number of hydrogen-bond acceptors (Lipinski definition) is 0. The maximum Gasteiger partial charge on any atom is -0.0386 e. The molecule has 0 radical (unpaired) electrons. The molecule has 0 nitrogen and oxygen atoms in total. The predicted octanol–water partition coefficient (Wildman–Crippen LogP) is 4.42. The summed E-state index contributed by atoms with van der Waals surface area (Å²) in [5, 5.41) is 0. The van der Waals surface area contributed by atoms with Crippen LogP contribution in [0.15, 0.2) is 13.2 Å². The fourth-order valence-electron chi connectivity index (χ4n) is 2.40. The molecule has 0 heterocycles. The van der Waals surface area contributed by atoms with Gasteiger partial charge >= 0.3 is 0 Å². The average molecular weight is 168 g/mol. The highest BCUT2D eigenvalue weighted by molar-refractivity contribution is 4.75. The molecule has 0 aromatic rings. The van der Waals surface area contributed by atoms with Gasteiger partial charge in [0.1, 0.15) is 0 Å². The van der Waals surface area contributed by atoms with Crippen LogP contribution < -0.4 is 0 Å². The molecule has 0 saturated heterocycles.